The van der Waals surface area contributed by atoms with Crippen LogP contribution in [0.2, 0.25) is 0 Å². The van der Waals surface area contributed by atoms with Gasteiger partial charge in [0.15, 0.2) is 0 Å². The van der Waals surface area contributed by atoms with E-state index in [2.05, 4.69) is 19.1 Å². The van der Waals surface area contributed by atoms with Gasteiger partial charge in [-0.2, -0.15) is 0 Å². The molecule has 5 nitrogen and oxygen atoms in total. The van der Waals surface area contributed by atoms with Crippen LogP contribution >= 0.6 is 0 Å². The van der Waals surface area contributed by atoms with Crippen molar-refractivity contribution < 1.29 is 24.8 Å². The van der Waals surface area contributed by atoms with Gasteiger partial charge in [0, 0.05) is 6.61 Å². The van der Waals surface area contributed by atoms with Gasteiger partial charge in [0.1, 0.15) is 24.4 Å². The number of rotatable bonds is 19. The lowest BCUT2D eigenvalue weighted by molar-refractivity contribution is -0.101. The van der Waals surface area contributed by atoms with E-state index in [4.69, 9.17) is 9.47 Å². The van der Waals surface area contributed by atoms with E-state index in [9.17, 15) is 15.3 Å². The van der Waals surface area contributed by atoms with Gasteiger partial charge in [-0.3, -0.25) is 0 Å². The van der Waals surface area contributed by atoms with Crippen LogP contribution in [0.1, 0.15) is 96.8 Å². The standard InChI is InChI=1S/C24H46O5/c1-2-3-4-5-6-7-8-9-10-11-12-13-14-15-16-17-18-28-22(19-25)24-23(27)21(26)20-29-24/h11-12,21-27H,2-10,13-20H2,1H3/b12-11+/t21-,22+,23-,24-/m1/s1. The Balaban J connectivity index is 1.86. The van der Waals surface area contributed by atoms with Crippen LogP contribution in [-0.2, 0) is 9.47 Å². The minimum atomic E-state index is -0.982. The number of aliphatic hydroxyl groups is 3. The number of ether oxygens (including phenoxy) is 2. The number of unbranched alkanes of at least 4 members (excludes halogenated alkanes) is 12. The molecule has 3 N–H and O–H groups in total. The maximum Gasteiger partial charge on any atom is 0.114 e. The van der Waals surface area contributed by atoms with Crippen molar-refractivity contribution in [2.24, 2.45) is 0 Å². The van der Waals surface area contributed by atoms with Gasteiger partial charge >= 0.3 is 0 Å². The highest BCUT2D eigenvalue weighted by molar-refractivity contribution is 4.88. The largest absolute Gasteiger partial charge is 0.394 e. The minimum absolute atomic E-state index is 0.0955. The van der Waals surface area contributed by atoms with Crippen LogP contribution in [0.3, 0.4) is 0 Å². The first-order valence-corrected chi connectivity index (χ1v) is 12.1. The van der Waals surface area contributed by atoms with Crippen LogP contribution < -0.4 is 0 Å². The van der Waals surface area contributed by atoms with E-state index >= 15 is 0 Å². The molecule has 1 rings (SSSR count). The molecule has 29 heavy (non-hydrogen) atoms. The Morgan fingerprint density at radius 2 is 1.41 bits per heavy atom. The summed E-state index contributed by atoms with van der Waals surface area (Å²) in [5, 5.41) is 28.8. The SMILES string of the molecule is CCCCCCCCCC/C=C/CCCCCCO[C@@H](CO)[C@H]1OC[C@@H](O)[C@H]1O. The van der Waals surface area contributed by atoms with E-state index in [0.717, 1.165) is 19.3 Å². The van der Waals surface area contributed by atoms with Crippen molar-refractivity contribution in [1.29, 1.82) is 0 Å². The fourth-order valence-corrected chi connectivity index (χ4v) is 3.79. The first-order valence-electron chi connectivity index (χ1n) is 12.1. The molecule has 0 aromatic heterocycles. The molecule has 1 saturated heterocycles. The zero-order valence-electron chi connectivity index (χ0n) is 18.6. The topological polar surface area (TPSA) is 79.2 Å². The van der Waals surface area contributed by atoms with Gasteiger partial charge in [0.2, 0.25) is 0 Å². The van der Waals surface area contributed by atoms with Crippen molar-refractivity contribution >= 4 is 0 Å². The second-order valence-electron chi connectivity index (χ2n) is 8.39. The first-order chi connectivity index (χ1) is 14.2. The molecule has 172 valence electrons. The highest BCUT2D eigenvalue weighted by Crippen LogP contribution is 2.20. The van der Waals surface area contributed by atoms with Gasteiger partial charge in [0.05, 0.1) is 13.2 Å². The molecule has 0 radical (unpaired) electrons. The molecule has 1 aliphatic rings. The lowest BCUT2D eigenvalue weighted by Crippen LogP contribution is -2.42. The summed E-state index contributed by atoms with van der Waals surface area (Å²) in [6.07, 6.45) is 19.4. The molecule has 0 bridgehead atoms. The van der Waals surface area contributed by atoms with E-state index in [0.29, 0.717) is 6.61 Å². The molecule has 0 aromatic carbocycles. The Labute approximate surface area is 178 Å². The summed E-state index contributed by atoms with van der Waals surface area (Å²) in [5.41, 5.74) is 0. The van der Waals surface area contributed by atoms with Gasteiger partial charge in [-0.1, -0.05) is 76.9 Å². The number of allylic oxidation sites excluding steroid dienone is 2. The number of hydrogen-bond acceptors (Lipinski definition) is 5. The lowest BCUT2D eigenvalue weighted by Gasteiger charge is -2.24. The molecule has 1 aliphatic heterocycles. The van der Waals surface area contributed by atoms with E-state index in [1.165, 1.54) is 70.6 Å². The molecule has 0 unspecified atom stereocenters. The smallest absolute Gasteiger partial charge is 0.114 e. The Hall–Kier alpha value is -0.460. The second-order valence-corrected chi connectivity index (χ2v) is 8.39. The summed E-state index contributed by atoms with van der Waals surface area (Å²) in [6.45, 7) is 2.69. The predicted octanol–water partition coefficient (Wildman–Crippen LogP) is 4.52. The molecule has 1 heterocycles. The van der Waals surface area contributed by atoms with Gasteiger partial charge in [-0.05, 0) is 32.1 Å². The lowest BCUT2D eigenvalue weighted by atomic mass is 10.1. The average Bonchev–Trinajstić information content (AvgIpc) is 3.06. The van der Waals surface area contributed by atoms with Gasteiger partial charge < -0.3 is 24.8 Å². The van der Waals surface area contributed by atoms with Crippen molar-refractivity contribution in [1.82, 2.24) is 0 Å². The molecule has 0 spiro atoms. The zero-order chi connectivity index (χ0) is 21.2. The van der Waals surface area contributed by atoms with E-state index in [1.54, 1.807) is 0 Å². The third kappa shape index (κ3) is 12.7. The Kier molecular flexibility index (Phi) is 16.8. The van der Waals surface area contributed by atoms with Crippen molar-refractivity contribution in [3.63, 3.8) is 0 Å². The molecule has 5 heteroatoms. The summed E-state index contributed by atoms with van der Waals surface area (Å²) in [5.74, 6) is 0. The van der Waals surface area contributed by atoms with Crippen LogP contribution in [0, 0.1) is 0 Å². The number of hydrogen-bond donors (Lipinski definition) is 3. The van der Waals surface area contributed by atoms with Crippen LogP contribution in [0.15, 0.2) is 12.2 Å². The third-order valence-electron chi connectivity index (χ3n) is 5.72. The fraction of sp³-hybridized carbons (Fsp3) is 0.917. The van der Waals surface area contributed by atoms with E-state index in [-0.39, 0.29) is 13.2 Å². The summed E-state index contributed by atoms with van der Waals surface area (Å²) >= 11 is 0. The minimum Gasteiger partial charge on any atom is -0.394 e. The van der Waals surface area contributed by atoms with Crippen molar-refractivity contribution in [2.75, 3.05) is 19.8 Å². The Morgan fingerprint density at radius 3 is 1.93 bits per heavy atom. The molecule has 1 fully saturated rings. The molecule has 0 aliphatic carbocycles. The first kappa shape index (κ1) is 26.6. The molecular formula is C24H46O5. The monoisotopic (exact) mass is 414 g/mol. The van der Waals surface area contributed by atoms with Crippen molar-refractivity contribution in [2.45, 2.75) is 121 Å². The van der Waals surface area contributed by atoms with Crippen molar-refractivity contribution in [3.05, 3.63) is 12.2 Å². The van der Waals surface area contributed by atoms with Gasteiger partial charge in [-0.25, -0.2) is 0 Å². The Morgan fingerprint density at radius 1 is 0.862 bits per heavy atom. The normalized spacial score (nSPS) is 23.2. The van der Waals surface area contributed by atoms with Crippen LogP contribution in [0.5, 0.6) is 0 Å². The maximum atomic E-state index is 9.83. The molecule has 0 aromatic rings. The molecular weight excluding hydrogens is 368 g/mol. The number of aliphatic hydroxyl groups excluding tert-OH is 3. The van der Waals surface area contributed by atoms with Gasteiger partial charge in [-0.15, -0.1) is 0 Å². The van der Waals surface area contributed by atoms with E-state index in [1.807, 2.05) is 0 Å². The predicted molar refractivity (Wildman–Crippen MR) is 118 cm³/mol. The summed E-state index contributed by atoms with van der Waals surface area (Å²) < 4.78 is 11.0. The molecule has 0 amide bonds. The van der Waals surface area contributed by atoms with Crippen LogP contribution in [0.25, 0.3) is 0 Å². The van der Waals surface area contributed by atoms with E-state index < -0.39 is 24.4 Å². The quantitative estimate of drug-likeness (QED) is 0.214. The fourth-order valence-electron chi connectivity index (χ4n) is 3.79. The Bertz CT molecular complexity index is 387. The molecule has 4 atom stereocenters. The van der Waals surface area contributed by atoms with Crippen LogP contribution in [-0.4, -0.2) is 59.6 Å². The third-order valence-corrected chi connectivity index (χ3v) is 5.72. The maximum absolute atomic E-state index is 9.83. The van der Waals surface area contributed by atoms with Crippen molar-refractivity contribution in [3.8, 4) is 0 Å². The summed E-state index contributed by atoms with van der Waals surface area (Å²) in [6, 6.07) is 0. The summed E-state index contributed by atoms with van der Waals surface area (Å²) in [7, 11) is 0. The highest BCUT2D eigenvalue weighted by atomic mass is 16.6. The molecule has 0 saturated carbocycles. The second kappa shape index (κ2) is 18.3. The summed E-state index contributed by atoms with van der Waals surface area (Å²) in [4.78, 5) is 0. The van der Waals surface area contributed by atoms with Gasteiger partial charge in [0.25, 0.3) is 0 Å². The zero-order valence-corrected chi connectivity index (χ0v) is 18.6. The average molecular weight is 415 g/mol. The highest BCUT2D eigenvalue weighted by Gasteiger charge is 2.40. The van der Waals surface area contributed by atoms with Crippen LogP contribution in [0.4, 0.5) is 0 Å².